The van der Waals surface area contributed by atoms with E-state index >= 15 is 0 Å². The molecule has 0 aromatic heterocycles. The van der Waals surface area contributed by atoms with Crippen LogP contribution in [0, 0.1) is 0 Å². The summed E-state index contributed by atoms with van der Waals surface area (Å²) in [6.45, 7) is 0.553. The maximum atomic E-state index is 12.6. The highest BCUT2D eigenvalue weighted by Gasteiger charge is 2.24. The summed E-state index contributed by atoms with van der Waals surface area (Å²) in [7, 11) is 2.60. The number of esters is 2. The topological polar surface area (TPSA) is 107 Å². The number of carbonyl (C=O) groups excluding carboxylic acids is 2. The standard InChI is InChI=1S/C34H30N2O7/c1-40-33(37)27-17-25(13-15-31(27)42-21-23-9-5-3-6-10-23)29-20-36(39)30(19-35-29)26-14-16-32(28(18-26)34(38)41-2)43-22-24-11-7-4-8-12-24/h3-20,30,39H,21-22H2,1-2H3. The second-order valence-electron chi connectivity index (χ2n) is 9.62. The molecule has 0 bridgehead atoms. The molecule has 1 N–H and O–H groups in total. The van der Waals surface area contributed by atoms with E-state index in [1.807, 2.05) is 60.7 Å². The van der Waals surface area contributed by atoms with Crippen molar-refractivity contribution in [1.29, 1.82) is 0 Å². The summed E-state index contributed by atoms with van der Waals surface area (Å²) in [5, 5.41) is 11.9. The van der Waals surface area contributed by atoms with Gasteiger partial charge in [-0.3, -0.25) is 10.2 Å². The molecule has 0 spiro atoms. The molecule has 43 heavy (non-hydrogen) atoms. The molecule has 0 fully saturated rings. The van der Waals surface area contributed by atoms with Gasteiger partial charge in [0.1, 0.15) is 41.9 Å². The first-order valence-corrected chi connectivity index (χ1v) is 13.5. The molecule has 9 nitrogen and oxygen atoms in total. The van der Waals surface area contributed by atoms with Crippen molar-refractivity contribution in [3.8, 4) is 11.5 Å². The second kappa shape index (κ2) is 13.5. The normalized spacial score (nSPS) is 14.1. The van der Waals surface area contributed by atoms with Crippen molar-refractivity contribution >= 4 is 23.9 Å². The van der Waals surface area contributed by atoms with Gasteiger partial charge in [0.2, 0.25) is 0 Å². The molecule has 0 aliphatic carbocycles. The number of rotatable bonds is 10. The summed E-state index contributed by atoms with van der Waals surface area (Å²) < 4.78 is 21.8. The van der Waals surface area contributed by atoms with Gasteiger partial charge in [-0.2, -0.15) is 0 Å². The first-order valence-electron chi connectivity index (χ1n) is 13.5. The van der Waals surface area contributed by atoms with Crippen molar-refractivity contribution < 1.29 is 33.7 Å². The van der Waals surface area contributed by atoms with Crippen LogP contribution in [-0.4, -0.2) is 42.6 Å². The lowest BCUT2D eigenvalue weighted by molar-refractivity contribution is -0.0588. The minimum atomic E-state index is -0.691. The van der Waals surface area contributed by atoms with E-state index < -0.39 is 18.0 Å². The van der Waals surface area contributed by atoms with E-state index in [4.69, 9.17) is 18.9 Å². The van der Waals surface area contributed by atoms with E-state index in [-0.39, 0.29) is 24.3 Å². The second-order valence-corrected chi connectivity index (χ2v) is 9.62. The molecule has 0 radical (unpaired) electrons. The van der Waals surface area contributed by atoms with E-state index in [0.717, 1.165) is 16.2 Å². The van der Waals surface area contributed by atoms with Crippen LogP contribution in [0.1, 0.15) is 49.0 Å². The van der Waals surface area contributed by atoms with Gasteiger partial charge >= 0.3 is 11.9 Å². The number of ether oxygens (including phenoxy) is 4. The fourth-order valence-corrected chi connectivity index (χ4v) is 4.53. The maximum absolute atomic E-state index is 12.6. The zero-order valence-electron chi connectivity index (χ0n) is 23.7. The quantitative estimate of drug-likeness (QED) is 0.221. The van der Waals surface area contributed by atoms with Crippen LogP contribution in [0.5, 0.6) is 11.5 Å². The Morgan fingerprint density at radius 3 is 1.81 bits per heavy atom. The number of hydrogen-bond donors (Lipinski definition) is 1. The Morgan fingerprint density at radius 2 is 1.28 bits per heavy atom. The van der Waals surface area contributed by atoms with Crippen LogP contribution in [0.4, 0.5) is 0 Å². The molecule has 1 unspecified atom stereocenters. The number of hydroxylamine groups is 2. The van der Waals surface area contributed by atoms with Crippen molar-refractivity contribution in [3.63, 3.8) is 0 Å². The lowest BCUT2D eigenvalue weighted by atomic mass is 10.0. The summed E-state index contributed by atoms with van der Waals surface area (Å²) in [5.41, 5.74) is 3.93. The van der Waals surface area contributed by atoms with E-state index in [0.29, 0.717) is 28.3 Å². The largest absolute Gasteiger partial charge is 0.488 e. The van der Waals surface area contributed by atoms with Gasteiger partial charge in [0.05, 0.1) is 26.1 Å². The van der Waals surface area contributed by atoms with Crippen LogP contribution in [0.2, 0.25) is 0 Å². The molecule has 218 valence electrons. The molecule has 5 rings (SSSR count). The molecule has 1 atom stereocenters. The summed E-state index contributed by atoms with van der Waals surface area (Å²) in [4.78, 5) is 29.7. The number of carbonyl (C=O) groups is 2. The van der Waals surface area contributed by atoms with E-state index in [1.165, 1.54) is 20.4 Å². The molecule has 0 amide bonds. The number of methoxy groups -OCH3 is 2. The Kier molecular flexibility index (Phi) is 9.14. The van der Waals surface area contributed by atoms with Gasteiger partial charge < -0.3 is 18.9 Å². The molecule has 4 aromatic rings. The minimum absolute atomic E-state index is 0.223. The Balaban J connectivity index is 1.35. The van der Waals surface area contributed by atoms with Crippen molar-refractivity contribution in [2.75, 3.05) is 14.2 Å². The predicted molar refractivity (Wildman–Crippen MR) is 160 cm³/mol. The lowest BCUT2D eigenvalue weighted by Gasteiger charge is -2.26. The first-order chi connectivity index (χ1) is 21.0. The van der Waals surface area contributed by atoms with Gasteiger partial charge in [-0.1, -0.05) is 66.7 Å². The SMILES string of the molecule is COC(=O)c1cc(C2=CN(O)C(c3ccc(OCc4ccccc4)c(C(=O)OC)c3)C=N2)ccc1OCc1ccccc1. The fraction of sp³-hybridized carbons (Fsp3) is 0.147. The Hall–Kier alpha value is -5.41. The average Bonchev–Trinajstić information content (AvgIpc) is 3.06. The minimum Gasteiger partial charge on any atom is -0.488 e. The molecular formula is C34H30N2O7. The number of nitrogens with zero attached hydrogens (tertiary/aromatic N) is 2. The molecule has 4 aromatic carbocycles. The lowest BCUT2D eigenvalue weighted by Crippen LogP contribution is -2.24. The summed E-state index contributed by atoms with van der Waals surface area (Å²) in [6.07, 6.45) is 3.00. The highest BCUT2D eigenvalue weighted by Crippen LogP contribution is 2.32. The summed E-state index contributed by atoms with van der Waals surface area (Å²) in [5.74, 6) is -0.404. The molecule has 1 aliphatic rings. The van der Waals surface area contributed by atoms with E-state index in [1.54, 1.807) is 42.6 Å². The summed E-state index contributed by atoms with van der Waals surface area (Å²) >= 11 is 0. The molecule has 0 saturated carbocycles. The van der Waals surface area contributed by atoms with Crippen molar-refractivity contribution in [2.24, 2.45) is 4.99 Å². The van der Waals surface area contributed by atoms with Crippen molar-refractivity contribution in [2.45, 2.75) is 19.3 Å². The fourth-order valence-electron chi connectivity index (χ4n) is 4.53. The molecule has 1 aliphatic heterocycles. The van der Waals surface area contributed by atoms with Gasteiger partial charge in [0.25, 0.3) is 0 Å². The van der Waals surface area contributed by atoms with Gasteiger partial charge in [-0.25, -0.2) is 14.7 Å². The number of benzene rings is 4. The third-order valence-electron chi connectivity index (χ3n) is 6.80. The zero-order chi connectivity index (χ0) is 30.2. The van der Waals surface area contributed by atoms with Crippen molar-refractivity contribution in [3.05, 3.63) is 137 Å². The predicted octanol–water partition coefficient (Wildman–Crippen LogP) is 6.23. The Labute approximate surface area is 249 Å². The zero-order valence-corrected chi connectivity index (χ0v) is 23.7. The van der Waals surface area contributed by atoms with Gasteiger partial charge in [-0.05, 0) is 47.0 Å². The van der Waals surface area contributed by atoms with Crippen molar-refractivity contribution in [1.82, 2.24) is 5.06 Å². The average molecular weight is 579 g/mol. The Morgan fingerprint density at radius 1 is 0.744 bits per heavy atom. The van der Waals surface area contributed by atoms with Crippen LogP contribution >= 0.6 is 0 Å². The third kappa shape index (κ3) is 6.91. The molecule has 1 heterocycles. The smallest absolute Gasteiger partial charge is 0.341 e. The van der Waals surface area contributed by atoms with Crippen LogP contribution in [-0.2, 0) is 22.7 Å². The molecular weight excluding hydrogens is 548 g/mol. The highest BCUT2D eigenvalue weighted by atomic mass is 16.5. The molecule has 0 saturated heterocycles. The monoisotopic (exact) mass is 578 g/mol. The third-order valence-corrected chi connectivity index (χ3v) is 6.80. The number of aliphatic imine (C=N–C) groups is 1. The number of hydrogen-bond acceptors (Lipinski definition) is 9. The molecule has 9 heteroatoms. The first kappa shape index (κ1) is 29.1. The van der Waals surface area contributed by atoms with E-state index in [9.17, 15) is 14.8 Å². The van der Waals surface area contributed by atoms with Crippen LogP contribution in [0.25, 0.3) is 5.70 Å². The van der Waals surface area contributed by atoms with Gasteiger partial charge in [0, 0.05) is 11.8 Å². The van der Waals surface area contributed by atoms with E-state index in [2.05, 4.69) is 4.99 Å². The van der Waals surface area contributed by atoms with Gasteiger partial charge in [-0.15, -0.1) is 0 Å². The Bertz CT molecular complexity index is 1650. The van der Waals surface area contributed by atoms with Crippen LogP contribution in [0.3, 0.4) is 0 Å². The summed E-state index contributed by atoms with van der Waals surface area (Å²) in [6, 6.07) is 28.6. The van der Waals surface area contributed by atoms with Gasteiger partial charge in [0.15, 0.2) is 0 Å². The van der Waals surface area contributed by atoms with Crippen LogP contribution < -0.4 is 9.47 Å². The highest BCUT2D eigenvalue weighted by molar-refractivity contribution is 5.94. The maximum Gasteiger partial charge on any atom is 0.341 e. The van der Waals surface area contributed by atoms with Crippen LogP contribution in [0.15, 0.2) is 108 Å².